The Morgan fingerprint density at radius 2 is 1.97 bits per heavy atom. The minimum absolute atomic E-state index is 0. The van der Waals surface area contributed by atoms with Crippen LogP contribution in [0.5, 0.6) is 0 Å². The lowest BCUT2D eigenvalue weighted by Gasteiger charge is -2.30. The fourth-order valence-electron chi connectivity index (χ4n) is 3.91. The Morgan fingerprint density at radius 1 is 1.21 bits per heavy atom. The van der Waals surface area contributed by atoms with Crippen molar-refractivity contribution in [3.05, 3.63) is 42.5 Å². The zero-order valence-corrected chi connectivity index (χ0v) is 19.8. The fourth-order valence-corrected chi connectivity index (χ4v) is 3.91. The molecule has 2 N–H and O–H groups in total. The Balaban J connectivity index is 0.00000300. The van der Waals surface area contributed by atoms with E-state index in [0.29, 0.717) is 12.0 Å². The summed E-state index contributed by atoms with van der Waals surface area (Å²) in [6.07, 6.45) is 7.97. The van der Waals surface area contributed by atoms with Crippen LogP contribution in [0.15, 0.2) is 41.7 Å². The summed E-state index contributed by atoms with van der Waals surface area (Å²) in [5.41, 5.74) is 1.37. The molecule has 1 aliphatic rings. The van der Waals surface area contributed by atoms with Crippen molar-refractivity contribution in [1.29, 1.82) is 0 Å². The van der Waals surface area contributed by atoms with Crippen molar-refractivity contribution in [2.24, 2.45) is 10.4 Å². The molecule has 3 rings (SSSR count). The summed E-state index contributed by atoms with van der Waals surface area (Å²) in [4.78, 5) is 4.38. The second kappa shape index (κ2) is 12.1. The molecule has 0 radical (unpaired) electrons. The molecule has 2 aromatic rings. The number of halogens is 1. The van der Waals surface area contributed by atoms with Gasteiger partial charge in [0.05, 0.1) is 6.54 Å². The molecule has 0 spiro atoms. The molecule has 1 heterocycles. The Bertz CT molecular complexity index is 743. The highest BCUT2D eigenvalue weighted by atomic mass is 127. The molecule has 1 fully saturated rings. The highest BCUT2D eigenvalue weighted by molar-refractivity contribution is 14.0. The number of aliphatic imine (C=N–C) groups is 1. The maximum atomic E-state index is 5.61. The van der Waals surface area contributed by atoms with E-state index in [2.05, 4.69) is 32.7 Å². The number of nitrogens with one attached hydrogen (secondary N) is 2. The van der Waals surface area contributed by atoms with E-state index in [9.17, 15) is 0 Å². The molecule has 1 aromatic carbocycles. The van der Waals surface area contributed by atoms with Crippen molar-refractivity contribution in [3.63, 3.8) is 0 Å². The third kappa shape index (κ3) is 6.67. The summed E-state index contributed by atoms with van der Waals surface area (Å²) in [5, 5.41) is 15.2. The number of benzene rings is 1. The van der Waals surface area contributed by atoms with Crippen LogP contribution in [-0.2, 0) is 11.3 Å². The number of guanidine groups is 1. The molecular formula is C21H33IN6O. The molecule has 1 aliphatic carbocycles. The van der Waals surface area contributed by atoms with Gasteiger partial charge >= 0.3 is 0 Å². The zero-order valence-electron chi connectivity index (χ0n) is 17.4. The second-order valence-corrected chi connectivity index (χ2v) is 7.39. The number of rotatable bonds is 9. The largest absolute Gasteiger partial charge is 0.382 e. The first kappa shape index (κ1) is 23.6. The Kier molecular flexibility index (Phi) is 9.86. The van der Waals surface area contributed by atoms with Gasteiger partial charge in [-0.2, -0.15) is 0 Å². The Morgan fingerprint density at radius 3 is 2.66 bits per heavy atom. The maximum absolute atomic E-state index is 5.61. The van der Waals surface area contributed by atoms with E-state index in [1.165, 1.54) is 25.7 Å². The lowest BCUT2D eigenvalue weighted by atomic mass is 9.83. The highest BCUT2D eigenvalue weighted by Crippen LogP contribution is 2.40. The van der Waals surface area contributed by atoms with Gasteiger partial charge in [0.1, 0.15) is 6.33 Å². The quantitative estimate of drug-likeness (QED) is 0.233. The predicted octanol–water partition coefficient (Wildman–Crippen LogP) is 3.54. The Hall–Kier alpha value is -1.68. The smallest absolute Gasteiger partial charge is 0.191 e. The van der Waals surface area contributed by atoms with Gasteiger partial charge < -0.3 is 15.4 Å². The van der Waals surface area contributed by atoms with Gasteiger partial charge in [0.2, 0.25) is 0 Å². The maximum Gasteiger partial charge on any atom is 0.191 e. The van der Waals surface area contributed by atoms with E-state index in [4.69, 9.17) is 4.74 Å². The predicted molar refractivity (Wildman–Crippen MR) is 127 cm³/mol. The summed E-state index contributed by atoms with van der Waals surface area (Å²) < 4.78 is 7.60. The number of hydrogen-bond acceptors (Lipinski definition) is 4. The van der Waals surface area contributed by atoms with Crippen LogP contribution in [0.2, 0.25) is 0 Å². The van der Waals surface area contributed by atoms with Crippen LogP contribution < -0.4 is 10.6 Å². The standard InChI is InChI=1S/C21H32N6O.HI/c1-3-28-14-13-21(11-7-8-12-21)16-24-20(22-2)23-15-19-26-25-17-27(19)18-9-5-4-6-10-18;/h4-6,9-10,17H,3,7-8,11-16H2,1-2H3,(H2,22,23,24);1H. The SMILES string of the molecule is CCOCCC1(CNC(=NC)NCc2nncn2-c2ccccc2)CCCC1.I. The van der Waals surface area contributed by atoms with Crippen molar-refractivity contribution >= 4 is 29.9 Å². The average molecular weight is 512 g/mol. The molecule has 0 saturated heterocycles. The molecule has 29 heavy (non-hydrogen) atoms. The normalized spacial score (nSPS) is 15.7. The molecule has 0 amide bonds. The van der Waals surface area contributed by atoms with Crippen LogP contribution in [0.25, 0.3) is 5.69 Å². The van der Waals surface area contributed by atoms with Gasteiger partial charge in [0, 0.05) is 32.5 Å². The van der Waals surface area contributed by atoms with Gasteiger partial charge in [-0.3, -0.25) is 9.56 Å². The van der Waals surface area contributed by atoms with Crippen LogP contribution in [0.3, 0.4) is 0 Å². The van der Waals surface area contributed by atoms with Gasteiger partial charge in [0.15, 0.2) is 11.8 Å². The number of ether oxygens (including phenoxy) is 1. The van der Waals surface area contributed by atoms with E-state index < -0.39 is 0 Å². The summed E-state index contributed by atoms with van der Waals surface area (Å²) in [7, 11) is 1.80. The molecular weight excluding hydrogens is 479 g/mol. The van der Waals surface area contributed by atoms with E-state index in [1.807, 2.05) is 34.9 Å². The van der Waals surface area contributed by atoms with Crippen molar-refractivity contribution in [1.82, 2.24) is 25.4 Å². The van der Waals surface area contributed by atoms with Gasteiger partial charge in [-0.05, 0) is 43.7 Å². The first-order valence-corrected chi connectivity index (χ1v) is 10.2. The molecule has 1 saturated carbocycles. The molecule has 160 valence electrons. The topological polar surface area (TPSA) is 76.4 Å². The summed E-state index contributed by atoms with van der Waals surface area (Å²) in [6, 6.07) is 10.1. The van der Waals surface area contributed by atoms with Crippen molar-refractivity contribution in [2.45, 2.75) is 45.6 Å². The average Bonchev–Trinajstić information content (AvgIpc) is 3.39. The van der Waals surface area contributed by atoms with E-state index in [-0.39, 0.29) is 24.0 Å². The van der Waals surface area contributed by atoms with Gasteiger partial charge in [0.25, 0.3) is 0 Å². The number of nitrogens with zero attached hydrogens (tertiary/aromatic N) is 4. The van der Waals surface area contributed by atoms with Crippen LogP contribution in [0.4, 0.5) is 0 Å². The lowest BCUT2D eigenvalue weighted by Crippen LogP contribution is -2.43. The van der Waals surface area contributed by atoms with E-state index in [1.54, 1.807) is 13.4 Å². The van der Waals surface area contributed by atoms with Crippen LogP contribution in [0, 0.1) is 5.41 Å². The summed E-state index contributed by atoms with van der Waals surface area (Å²) >= 11 is 0. The summed E-state index contributed by atoms with van der Waals surface area (Å²) in [6.45, 7) is 5.16. The monoisotopic (exact) mass is 512 g/mol. The third-order valence-electron chi connectivity index (χ3n) is 5.57. The number of aromatic nitrogens is 3. The van der Waals surface area contributed by atoms with Crippen molar-refractivity contribution in [2.75, 3.05) is 26.8 Å². The fraction of sp³-hybridized carbons (Fsp3) is 0.571. The van der Waals surface area contributed by atoms with E-state index in [0.717, 1.165) is 43.7 Å². The van der Waals surface area contributed by atoms with Crippen LogP contribution in [-0.4, -0.2) is 47.5 Å². The van der Waals surface area contributed by atoms with Crippen LogP contribution >= 0.6 is 24.0 Å². The van der Waals surface area contributed by atoms with Gasteiger partial charge in [-0.25, -0.2) is 0 Å². The summed E-state index contributed by atoms with van der Waals surface area (Å²) in [5.74, 6) is 1.64. The van der Waals surface area contributed by atoms with E-state index >= 15 is 0 Å². The molecule has 0 atom stereocenters. The zero-order chi connectivity index (χ0) is 19.7. The van der Waals surface area contributed by atoms with Gasteiger partial charge in [-0.15, -0.1) is 34.2 Å². The molecule has 0 aliphatic heterocycles. The molecule has 0 unspecified atom stereocenters. The second-order valence-electron chi connectivity index (χ2n) is 7.39. The van der Waals surface area contributed by atoms with Crippen LogP contribution in [0.1, 0.15) is 44.9 Å². The highest BCUT2D eigenvalue weighted by Gasteiger charge is 2.33. The number of para-hydroxylation sites is 1. The molecule has 8 heteroatoms. The Labute approximate surface area is 190 Å². The molecule has 0 bridgehead atoms. The first-order valence-electron chi connectivity index (χ1n) is 10.2. The minimum atomic E-state index is 0. The van der Waals surface area contributed by atoms with Gasteiger partial charge in [-0.1, -0.05) is 31.0 Å². The number of hydrogen-bond donors (Lipinski definition) is 2. The first-order chi connectivity index (χ1) is 13.8. The minimum Gasteiger partial charge on any atom is -0.382 e. The third-order valence-corrected chi connectivity index (χ3v) is 5.57. The molecule has 7 nitrogen and oxygen atoms in total. The lowest BCUT2D eigenvalue weighted by molar-refractivity contribution is 0.105. The van der Waals surface area contributed by atoms with Crippen molar-refractivity contribution in [3.8, 4) is 5.69 Å². The molecule has 1 aromatic heterocycles. The van der Waals surface area contributed by atoms with Crippen molar-refractivity contribution < 1.29 is 4.74 Å².